The number of para-hydroxylation sites is 1. The van der Waals surface area contributed by atoms with Crippen LogP contribution in [0.1, 0.15) is 23.0 Å². The second-order valence-electron chi connectivity index (χ2n) is 6.80. The van der Waals surface area contributed by atoms with Gasteiger partial charge in [-0.25, -0.2) is 0 Å². The van der Waals surface area contributed by atoms with E-state index >= 15 is 0 Å². The van der Waals surface area contributed by atoms with E-state index in [0.29, 0.717) is 16.6 Å². The molecule has 0 radical (unpaired) electrons. The SMILES string of the molecule is O=C(Cn1nnc(COc2ccccc2)n1)NC(c1ccccc1)c1ccc(Cl)cc1. The van der Waals surface area contributed by atoms with Gasteiger partial charge in [0.2, 0.25) is 11.7 Å². The third kappa shape index (κ3) is 5.67. The van der Waals surface area contributed by atoms with Crippen LogP contribution in [0, 0.1) is 0 Å². The molecule has 1 amide bonds. The van der Waals surface area contributed by atoms with Gasteiger partial charge in [-0.2, -0.15) is 4.80 Å². The molecule has 0 aliphatic heterocycles. The van der Waals surface area contributed by atoms with Gasteiger partial charge in [-0.1, -0.05) is 72.3 Å². The van der Waals surface area contributed by atoms with E-state index in [2.05, 4.69) is 20.7 Å². The highest BCUT2D eigenvalue weighted by Crippen LogP contribution is 2.23. The van der Waals surface area contributed by atoms with Crippen LogP contribution in [-0.2, 0) is 17.9 Å². The second-order valence-corrected chi connectivity index (χ2v) is 7.24. The third-order valence-corrected chi connectivity index (χ3v) is 4.78. The van der Waals surface area contributed by atoms with Crippen molar-refractivity contribution in [3.63, 3.8) is 0 Å². The smallest absolute Gasteiger partial charge is 0.244 e. The molecule has 1 N–H and O–H groups in total. The van der Waals surface area contributed by atoms with Crippen LogP contribution in [0.3, 0.4) is 0 Å². The van der Waals surface area contributed by atoms with Crippen LogP contribution in [0.25, 0.3) is 0 Å². The monoisotopic (exact) mass is 433 g/mol. The molecular weight excluding hydrogens is 414 g/mol. The summed E-state index contributed by atoms with van der Waals surface area (Å²) < 4.78 is 5.61. The topological polar surface area (TPSA) is 81.9 Å². The standard InChI is InChI=1S/C23H20ClN5O2/c24-19-13-11-18(12-14-19)23(17-7-3-1-4-8-17)25-22(30)15-29-27-21(26-28-29)16-31-20-9-5-2-6-10-20/h1-14,23H,15-16H2,(H,25,30). The van der Waals surface area contributed by atoms with Crippen molar-refractivity contribution in [3.05, 3.63) is 107 Å². The molecule has 0 saturated carbocycles. The number of nitrogens with one attached hydrogen (secondary N) is 1. The van der Waals surface area contributed by atoms with Crippen molar-refractivity contribution in [2.45, 2.75) is 19.2 Å². The van der Waals surface area contributed by atoms with E-state index in [4.69, 9.17) is 16.3 Å². The first-order chi connectivity index (χ1) is 15.2. The van der Waals surface area contributed by atoms with Gasteiger partial charge in [-0.15, -0.1) is 10.2 Å². The number of halogens is 1. The van der Waals surface area contributed by atoms with Gasteiger partial charge in [-0.05, 0) is 40.6 Å². The zero-order chi connectivity index (χ0) is 21.5. The summed E-state index contributed by atoms with van der Waals surface area (Å²) in [7, 11) is 0. The van der Waals surface area contributed by atoms with Crippen LogP contribution >= 0.6 is 11.6 Å². The van der Waals surface area contributed by atoms with Crippen molar-refractivity contribution in [1.82, 2.24) is 25.5 Å². The summed E-state index contributed by atoms with van der Waals surface area (Å²) in [6, 6.07) is 26.2. The van der Waals surface area contributed by atoms with E-state index in [9.17, 15) is 4.79 Å². The average molecular weight is 434 g/mol. The highest BCUT2D eigenvalue weighted by molar-refractivity contribution is 6.30. The predicted molar refractivity (Wildman–Crippen MR) is 116 cm³/mol. The minimum atomic E-state index is -0.324. The number of tetrazole rings is 1. The Bertz CT molecular complexity index is 1120. The van der Waals surface area contributed by atoms with E-state index in [-0.39, 0.29) is 25.1 Å². The number of carbonyl (C=O) groups is 1. The van der Waals surface area contributed by atoms with Crippen LogP contribution in [0.4, 0.5) is 0 Å². The molecule has 0 spiro atoms. The molecule has 0 aliphatic rings. The van der Waals surface area contributed by atoms with E-state index in [1.54, 1.807) is 12.1 Å². The minimum absolute atomic E-state index is 0.0603. The maximum Gasteiger partial charge on any atom is 0.244 e. The maximum atomic E-state index is 12.7. The van der Waals surface area contributed by atoms with E-state index < -0.39 is 0 Å². The fourth-order valence-corrected chi connectivity index (χ4v) is 3.19. The molecule has 1 atom stereocenters. The Labute approximate surface area is 184 Å². The quantitative estimate of drug-likeness (QED) is 0.457. The highest BCUT2D eigenvalue weighted by Gasteiger charge is 2.18. The zero-order valence-electron chi connectivity index (χ0n) is 16.6. The lowest BCUT2D eigenvalue weighted by molar-refractivity contribution is -0.122. The summed E-state index contributed by atoms with van der Waals surface area (Å²) in [6.07, 6.45) is 0. The first-order valence-electron chi connectivity index (χ1n) is 9.72. The van der Waals surface area contributed by atoms with Gasteiger partial charge in [0, 0.05) is 5.02 Å². The molecule has 8 heteroatoms. The Morgan fingerprint density at radius 1 is 0.935 bits per heavy atom. The molecule has 0 fully saturated rings. The lowest BCUT2D eigenvalue weighted by Crippen LogP contribution is -2.32. The minimum Gasteiger partial charge on any atom is -0.485 e. The molecule has 31 heavy (non-hydrogen) atoms. The number of hydrogen-bond donors (Lipinski definition) is 1. The van der Waals surface area contributed by atoms with Gasteiger partial charge in [0.1, 0.15) is 12.3 Å². The van der Waals surface area contributed by atoms with Crippen LogP contribution in [0.15, 0.2) is 84.9 Å². The molecule has 1 heterocycles. The van der Waals surface area contributed by atoms with Gasteiger partial charge >= 0.3 is 0 Å². The van der Waals surface area contributed by atoms with Crippen molar-refractivity contribution in [1.29, 1.82) is 0 Å². The zero-order valence-corrected chi connectivity index (χ0v) is 17.3. The summed E-state index contributed by atoms with van der Waals surface area (Å²) in [5.74, 6) is 0.871. The number of amides is 1. The Balaban J connectivity index is 1.41. The van der Waals surface area contributed by atoms with Gasteiger partial charge < -0.3 is 10.1 Å². The van der Waals surface area contributed by atoms with Crippen molar-refractivity contribution in [3.8, 4) is 5.75 Å². The van der Waals surface area contributed by atoms with Crippen LogP contribution < -0.4 is 10.1 Å². The summed E-state index contributed by atoms with van der Waals surface area (Å²) in [5, 5.41) is 15.8. The summed E-state index contributed by atoms with van der Waals surface area (Å²) in [4.78, 5) is 14.0. The van der Waals surface area contributed by atoms with Gasteiger partial charge in [0.05, 0.1) is 6.04 Å². The van der Waals surface area contributed by atoms with Gasteiger partial charge in [0.15, 0.2) is 6.61 Å². The second kappa shape index (κ2) is 9.86. The molecule has 156 valence electrons. The van der Waals surface area contributed by atoms with Crippen LogP contribution in [0.2, 0.25) is 5.02 Å². The summed E-state index contributed by atoms with van der Waals surface area (Å²) >= 11 is 6.02. The fourth-order valence-electron chi connectivity index (χ4n) is 3.06. The lowest BCUT2D eigenvalue weighted by Gasteiger charge is -2.20. The van der Waals surface area contributed by atoms with E-state index in [0.717, 1.165) is 11.1 Å². The highest BCUT2D eigenvalue weighted by atomic mass is 35.5. The molecule has 0 saturated heterocycles. The number of carbonyl (C=O) groups excluding carboxylic acids is 1. The first kappa shape index (κ1) is 20.6. The van der Waals surface area contributed by atoms with E-state index in [1.807, 2.05) is 72.8 Å². The first-order valence-corrected chi connectivity index (χ1v) is 10.1. The Morgan fingerprint density at radius 2 is 1.58 bits per heavy atom. The predicted octanol–water partition coefficient (Wildman–Crippen LogP) is 3.81. The third-order valence-electron chi connectivity index (χ3n) is 4.53. The number of benzene rings is 3. The van der Waals surface area contributed by atoms with Crippen molar-refractivity contribution < 1.29 is 9.53 Å². The molecule has 0 aliphatic carbocycles. The van der Waals surface area contributed by atoms with Crippen LogP contribution in [-0.4, -0.2) is 26.1 Å². The molecule has 1 aromatic heterocycles. The Hall–Kier alpha value is -3.71. The summed E-state index contributed by atoms with van der Waals surface area (Å²) in [6.45, 7) is 0.109. The van der Waals surface area contributed by atoms with Gasteiger partial charge in [-0.3, -0.25) is 4.79 Å². The Morgan fingerprint density at radius 3 is 2.29 bits per heavy atom. The van der Waals surface area contributed by atoms with Crippen molar-refractivity contribution in [2.75, 3.05) is 0 Å². The number of ether oxygens (including phenoxy) is 1. The van der Waals surface area contributed by atoms with Crippen molar-refractivity contribution in [2.24, 2.45) is 0 Å². The molecule has 3 aromatic carbocycles. The molecule has 7 nitrogen and oxygen atoms in total. The normalized spacial score (nSPS) is 11.6. The summed E-state index contributed by atoms with van der Waals surface area (Å²) in [5.41, 5.74) is 1.88. The number of hydrogen-bond acceptors (Lipinski definition) is 5. The fraction of sp³-hybridized carbons (Fsp3) is 0.130. The average Bonchev–Trinajstić information content (AvgIpc) is 3.25. The molecule has 4 rings (SSSR count). The molecule has 0 bridgehead atoms. The molecule has 4 aromatic rings. The van der Waals surface area contributed by atoms with Gasteiger partial charge in [0.25, 0.3) is 0 Å². The maximum absolute atomic E-state index is 12.7. The number of aromatic nitrogens is 4. The lowest BCUT2D eigenvalue weighted by atomic mass is 9.99. The molecule has 1 unspecified atom stereocenters. The van der Waals surface area contributed by atoms with Crippen molar-refractivity contribution >= 4 is 17.5 Å². The Kier molecular flexibility index (Phi) is 6.54. The number of rotatable bonds is 8. The molecular formula is C23H20ClN5O2. The number of nitrogens with zero attached hydrogens (tertiary/aromatic N) is 4. The van der Waals surface area contributed by atoms with E-state index in [1.165, 1.54) is 4.80 Å². The van der Waals surface area contributed by atoms with Crippen LogP contribution in [0.5, 0.6) is 5.75 Å². The largest absolute Gasteiger partial charge is 0.485 e.